The van der Waals surface area contributed by atoms with E-state index in [1.807, 2.05) is 5.92 Å². The lowest BCUT2D eigenvalue weighted by Gasteiger charge is -2.37. The van der Waals surface area contributed by atoms with Gasteiger partial charge in [0.05, 0.1) is 27.4 Å². The number of piperazine rings is 1. The van der Waals surface area contributed by atoms with Gasteiger partial charge in [0, 0.05) is 49.1 Å². The molecule has 3 aromatic rings. The van der Waals surface area contributed by atoms with E-state index in [4.69, 9.17) is 33.5 Å². The largest absolute Gasteiger partial charge is 0.461 e. The Morgan fingerprint density at radius 1 is 1.18 bits per heavy atom. The summed E-state index contributed by atoms with van der Waals surface area (Å²) in [6.07, 6.45) is 3.10. The summed E-state index contributed by atoms with van der Waals surface area (Å²) in [4.78, 5) is 17.1. The monoisotopic (exact) mass is 633 g/mol. The SMILES string of the molecule is C#Cc1cc(N)nc(-c2c(Cl)cc3c(N4C5CCC4CNC5)nc(OC[C@@]45CCCN4C[C@H](F)C5)nc3c2F)c1C(F)(F)F. The van der Waals surface area contributed by atoms with Gasteiger partial charge in [-0.15, -0.1) is 6.42 Å². The fourth-order valence-corrected chi connectivity index (χ4v) is 7.84. The number of nitrogens with zero attached hydrogens (tertiary/aromatic N) is 5. The molecule has 4 atom stereocenters. The summed E-state index contributed by atoms with van der Waals surface area (Å²) in [6, 6.07) is 2.22. The highest BCUT2D eigenvalue weighted by atomic mass is 35.5. The Hall–Kier alpha value is -3.47. The molecule has 2 unspecified atom stereocenters. The predicted octanol–water partition coefficient (Wildman–Crippen LogP) is 4.96. The number of terminal acetylenes is 1. The lowest BCUT2D eigenvalue weighted by atomic mass is 9.95. The zero-order chi connectivity index (χ0) is 31.0. The fraction of sp³-hybridized carbons (Fsp3) is 0.500. The van der Waals surface area contributed by atoms with Crippen molar-refractivity contribution in [1.82, 2.24) is 25.2 Å². The number of anilines is 2. The third kappa shape index (κ3) is 4.69. The second-order valence-corrected chi connectivity index (χ2v) is 12.5. The van der Waals surface area contributed by atoms with Gasteiger partial charge < -0.3 is 20.7 Å². The molecule has 8 nitrogen and oxygen atoms in total. The van der Waals surface area contributed by atoms with Crippen molar-refractivity contribution in [2.75, 3.05) is 43.4 Å². The molecule has 0 saturated carbocycles. The summed E-state index contributed by atoms with van der Waals surface area (Å²) in [7, 11) is 0. The van der Waals surface area contributed by atoms with E-state index in [1.165, 1.54) is 6.07 Å². The average molecular weight is 634 g/mol. The van der Waals surface area contributed by atoms with Gasteiger partial charge >= 0.3 is 12.2 Å². The van der Waals surface area contributed by atoms with E-state index in [-0.39, 0.29) is 46.4 Å². The Labute approximate surface area is 255 Å². The van der Waals surface area contributed by atoms with Crippen molar-refractivity contribution < 1.29 is 26.7 Å². The molecule has 232 valence electrons. The minimum absolute atomic E-state index is 0.0536. The minimum Gasteiger partial charge on any atom is -0.461 e. The Morgan fingerprint density at radius 2 is 1.93 bits per heavy atom. The summed E-state index contributed by atoms with van der Waals surface area (Å²) in [6.45, 7) is 2.53. The van der Waals surface area contributed by atoms with Crippen molar-refractivity contribution in [2.45, 2.75) is 62.1 Å². The molecular weight excluding hydrogens is 605 g/mol. The van der Waals surface area contributed by atoms with E-state index in [9.17, 15) is 17.6 Å². The van der Waals surface area contributed by atoms with E-state index < -0.39 is 46.1 Å². The van der Waals surface area contributed by atoms with Crippen LogP contribution in [0.15, 0.2) is 12.1 Å². The van der Waals surface area contributed by atoms with Crippen molar-refractivity contribution in [3.8, 4) is 29.6 Å². The van der Waals surface area contributed by atoms with E-state index in [2.05, 4.69) is 25.1 Å². The van der Waals surface area contributed by atoms with Gasteiger partial charge in [-0.3, -0.25) is 4.90 Å². The average Bonchev–Trinajstić information content (AvgIpc) is 3.57. The number of halogens is 6. The smallest absolute Gasteiger partial charge is 0.419 e. The summed E-state index contributed by atoms with van der Waals surface area (Å²) in [5.74, 6) is 0.887. The van der Waals surface area contributed by atoms with Crippen LogP contribution in [-0.4, -0.2) is 76.4 Å². The van der Waals surface area contributed by atoms with Gasteiger partial charge in [-0.2, -0.15) is 23.1 Å². The normalized spacial score (nSPS) is 26.8. The molecule has 0 amide bonds. The summed E-state index contributed by atoms with van der Waals surface area (Å²) in [5, 5.41) is 3.28. The van der Waals surface area contributed by atoms with Gasteiger partial charge in [0.15, 0.2) is 5.82 Å². The van der Waals surface area contributed by atoms with Crippen molar-refractivity contribution in [1.29, 1.82) is 0 Å². The summed E-state index contributed by atoms with van der Waals surface area (Å²) >= 11 is 6.57. The molecule has 0 aliphatic carbocycles. The predicted molar refractivity (Wildman–Crippen MR) is 156 cm³/mol. The standard InChI is InChI=1S/C30H29ClF5N7O/c1-2-15-8-21(37)39-26(23(15)30(34,35)36)22-20(31)9-19-25(24(22)33)40-28(41-27(19)43-17-4-5-18(43)12-38-11-17)44-14-29-6-3-7-42(29)13-16(32)10-29/h1,8-9,16-18,38H,3-7,10-14H2,(H2,37,39)/t16-,17?,18?,29+/m1/s1. The minimum atomic E-state index is -4.99. The Morgan fingerprint density at radius 3 is 2.64 bits per heavy atom. The molecule has 4 aliphatic rings. The Bertz CT molecular complexity index is 1680. The van der Waals surface area contributed by atoms with Gasteiger partial charge in [0.25, 0.3) is 0 Å². The van der Waals surface area contributed by atoms with E-state index in [1.54, 1.807) is 0 Å². The van der Waals surface area contributed by atoms with Crippen LogP contribution < -0.4 is 20.7 Å². The summed E-state index contributed by atoms with van der Waals surface area (Å²) < 4.78 is 80.1. The van der Waals surface area contributed by atoms with Gasteiger partial charge in [-0.05, 0) is 44.4 Å². The van der Waals surface area contributed by atoms with Crippen LogP contribution in [0.1, 0.15) is 43.2 Å². The molecule has 0 radical (unpaired) electrons. The molecular formula is C30H29ClF5N7O. The van der Waals surface area contributed by atoms with Gasteiger partial charge in [0.1, 0.15) is 29.9 Å². The number of fused-ring (bicyclic) bond motifs is 4. The number of nitrogen functional groups attached to an aromatic ring is 1. The van der Waals surface area contributed by atoms with Crippen molar-refractivity contribution >= 4 is 34.1 Å². The third-order valence-electron chi connectivity index (χ3n) is 9.41. The number of rotatable bonds is 5. The molecule has 44 heavy (non-hydrogen) atoms. The number of hydrogen-bond donors (Lipinski definition) is 2. The van der Waals surface area contributed by atoms with Crippen LogP contribution in [0.5, 0.6) is 6.01 Å². The zero-order valence-electron chi connectivity index (χ0n) is 23.5. The van der Waals surface area contributed by atoms with Crippen LogP contribution in [0.2, 0.25) is 5.02 Å². The highest BCUT2D eigenvalue weighted by Gasteiger charge is 2.49. The second-order valence-electron chi connectivity index (χ2n) is 12.0. The summed E-state index contributed by atoms with van der Waals surface area (Å²) in [5.41, 5.74) is 1.61. The number of ether oxygens (including phenoxy) is 1. The lowest BCUT2D eigenvalue weighted by molar-refractivity contribution is -0.137. The number of pyridine rings is 1. The molecule has 2 aromatic heterocycles. The van der Waals surface area contributed by atoms with Crippen LogP contribution in [0, 0.1) is 18.2 Å². The van der Waals surface area contributed by atoms with Crippen LogP contribution in [0.4, 0.5) is 33.6 Å². The molecule has 6 heterocycles. The van der Waals surface area contributed by atoms with Gasteiger partial charge in [-0.1, -0.05) is 17.5 Å². The van der Waals surface area contributed by atoms with Crippen molar-refractivity contribution in [3.63, 3.8) is 0 Å². The molecule has 2 bridgehead atoms. The molecule has 7 rings (SSSR count). The van der Waals surface area contributed by atoms with Crippen molar-refractivity contribution in [2.24, 2.45) is 0 Å². The highest BCUT2D eigenvalue weighted by Crippen LogP contribution is 2.46. The molecule has 3 N–H and O–H groups in total. The van der Waals surface area contributed by atoms with Crippen molar-refractivity contribution in [3.05, 3.63) is 34.1 Å². The zero-order valence-corrected chi connectivity index (χ0v) is 24.3. The van der Waals surface area contributed by atoms with Crippen LogP contribution in [-0.2, 0) is 6.18 Å². The van der Waals surface area contributed by atoms with E-state index in [0.717, 1.165) is 38.3 Å². The highest BCUT2D eigenvalue weighted by molar-refractivity contribution is 6.34. The quantitative estimate of drug-likeness (QED) is 0.301. The lowest BCUT2D eigenvalue weighted by Crippen LogP contribution is -2.52. The number of aromatic nitrogens is 3. The first-order valence-corrected chi connectivity index (χ1v) is 14.9. The fourth-order valence-electron chi connectivity index (χ4n) is 7.56. The molecule has 4 fully saturated rings. The van der Waals surface area contributed by atoms with E-state index >= 15 is 4.39 Å². The first kappa shape index (κ1) is 29.3. The number of nitrogens with two attached hydrogens (primary N) is 1. The second kappa shape index (κ2) is 10.6. The number of benzene rings is 1. The van der Waals surface area contributed by atoms with Gasteiger partial charge in [0.2, 0.25) is 0 Å². The Kier molecular flexibility index (Phi) is 7.02. The molecule has 4 saturated heterocycles. The van der Waals surface area contributed by atoms with Crippen LogP contribution >= 0.6 is 11.6 Å². The molecule has 0 spiro atoms. The van der Waals surface area contributed by atoms with E-state index in [0.29, 0.717) is 31.9 Å². The third-order valence-corrected chi connectivity index (χ3v) is 9.71. The first-order valence-electron chi connectivity index (χ1n) is 14.5. The maximum absolute atomic E-state index is 16.7. The van der Waals surface area contributed by atoms with Crippen LogP contribution in [0.25, 0.3) is 22.2 Å². The van der Waals surface area contributed by atoms with Gasteiger partial charge in [-0.25, -0.2) is 13.8 Å². The number of hydrogen-bond acceptors (Lipinski definition) is 8. The maximum Gasteiger partial charge on any atom is 0.419 e. The molecule has 1 aromatic carbocycles. The number of alkyl halides is 4. The Balaban J connectivity index is 1.41. The topological polar surface area (TPSA) is 92.4 Å². The molecule has 4 aliphatic heterocycles. The van der Waals surface area contributed by atoms with Crippen LogP contribution in [0.3, 0.4) is 0 Å². The first-order chi connectivity index (χ1) is 21.0. The maximum atomic E-state index is 16.7. The number of nitrogens with one attached hydrogen (secondary N) is 1. The molecule has 14 heteroatoms.